The molecule has 3 nitrogen and oxygen atoms in total. The zero-order valence-corrected chi connectivity index (χ0v) is 12.8. The van der Waals surface area contributed by atoms with Crippen molar-refractivity contribution in [3.63, 3.8) is 0 Å². The lowest BCUT2D eigenvalue weighted by molar-refractivity contribution is 0.489. The van der Waals surface area contributed by atoms with E-state index in [0.717, 1.165) is 40.0 Å². The van der Waals surface area contributed by atoms with Crippen LogP contribution in [0.15, 0.2) is 47.4 Å². The smallest absolute Gasteiger partial charge is 0.273 e. The van der Waals surface area contributed by atoms with E-state index < -0.39 is 20.1 Å². The summed E-state index contributed by atoms with van der Waals surface area (Å²) in [6, 6.07) is 14.3. The van der Waals surface area contributed by atoms with Crippen LogP contribution in [0.2, 0.25) is 0 Å². The first-order valence-corrected chi connectivity index (χ1v) is 10.4. The van der Waals surface area contributed by atoms with Crippen LogP contribution in [0, 0.1) is 0 Å². The lowest BCUT2D eigenvalue weighted by Gasteiger charge is -2.34. The maximum atomic E-state index is 11.4. The summed E-state index contributed by atoms with van der Waals surface area (Å²) >= 11 is 0. The Labute approximate surface area is 121 Å². The van der Waals surface area contributed by atoms with Crippen molar-refractivity contribution in [2.45, 2.75) is 17.7 Å². The summed E-state index contributed by atoms with van der Waals surface area (Å²) in [6.45, 7) is 0. The Balaban J connectivity index is 2.09. The van der Waals surface area contributed by atoms with E-state index in [9.17, 15) is 13.0 Å². The van der Waals surface area contributed by atoms with Crippen LogP contribution >= 0.6 is 10.0 Å². The summed E-state index contributed by atoms with van der Waals surface area (Å²) in [6.07, 6.45) is 2.11. The molecule has 0 amide bonds. The molecule has 1 saturated heterocycles. The van der Waals surface area contributed by atoms with Gasteiger partial charge in [-0.15, -0.1) is 0 Å². The van der Waals surface area contributed by atoms with Crippen LogP contribution in [0.3, 0.4) is 0 Å². The fourth-order valence-corrected chi connectivity index (χ4v) is 9.69. The first-order chi connectivity index (χ1) is 9.49. The van der Waals surface area contributed by atoms with E-state index in [-0.39, 0.29) is 5.08 Å². The molecule has 0 spiro atoms. The minimum atomic E-state index is -3.93. The molecule has 0 atom stereocenters. The summed E-state index contributed by atoms with van der Waals surface area (Å²) in [4.78, 5) is 1.12. The zero-order valence-electron chi connectivity index (χ0n) is 11.2. The van der Waals surface area contributed by atoms with Gasteiger partial charge in [0.2, 0.25) is 0 Å². The molecule has 5 heteroatoms. The summed E-state index contributed by atoms with van der Waals surface area (Å²) in [7, 11) is -5.36. The van der Waals surface area contributed by atoms with Gasteiger partial charge in [-0.1, -0.05) is 30.3 Å². The van der Waals surface area contributed by atoms with E-state index >= 15 is 0 Å². The van der Waals surface area contributed by atoms with Crippen LogP contribution in [0.25, 0.3) is 10.8 Å². The molecule has 0 aliphatic carbocycles. The third-order valence-corrected chi connectivity index (χ3v) is 10.3. The number of rotatable bonds is 3. The van der Waals surface area contributed by atoms with Crippen molar-refractivity contribution in [2.75, 3.05) is 16.6 Å². The molecule has 0 aromatic heterocycles. The topological polar surface area (TPSA) is 54.4 Å². The standard InChI is InChI=1S/C15H18O3S2/c16-20(17,18)12-19(9-3-4-10-19)15-8-7-13-5-1-2-6-14(13)11-15/h1-2,5-8,11H,3-4,9-10,12H2,(H,16,17,18). The first-order valence-electron chi connectivity index (χ1n) is 6.69. The van der Waals surface area contributed by atoms with Crippen LogP contribution in [0.4, 0.5) is 0 Å². The minimum absolute atomic E-state index is 0.0850. The quantitative estimate of drug-likeness (QED) is 0.881. The second kappa shape index (κ2) is 5.06. The third-order valence-electron chi connectivity index (χ3n) is 3.92. The van der Waals surface area contributed by atoms with Crippen molar-refractivity contribution in [2.24, 2.45) is 0 Å². The average molecular weight is 310 g/mol. The Hall–Kier alpha value is -1.04. The molecule has 2 aromatic carbocycles. The normalized spacial score (nSPS) is 20.1. The van der Waals surface area contributed by atoms with E-state index in [4.69, 9.17) is 0 Å². The Bertz CT molecular complexity index is 732. The molecule has 20 heavy (non-hydrogen) atoms. The van der Waals surface area contributed by atoms with Crippen LogP contribution in [0.1, 0.15) is 12.8 Å². The number of hydrogen-bond acceptors (Lipinski definition) is 2. The van der Waals surface area contributed by atoms with Crippen LogP contribution in [-0.2, 0) is 10.1 Å². The lowest BCUT2D eigenvalue weighted by Crippen LogP contribution is -2.15. The Morgan fingerprint density at radius 2 is 1.65 bits per heavy atom. The van der Waals surface area contributed by atoms with Gasteiger partial charge in [-0.3, -0.25) is 4.55 Å². The molecule has 0 radical (unpaired) electrons. The molecule has 3 rings (SSSR count). The Kier molecular flexibility index (Phi) is 3.52. The van der Waals surface area contributed by atoms with Gasteiger partial charge in [-0.2, -0.15) is 18.4 Å². The van der Waals surface area contributed by atoms with Crippen molar-refractivity contribution in [3.05, 3.63) is 42.5 Å². The molecule has 108 valence electrons. The first kappa shape index (κ1) is 13.9. The maximum absolute atomic E-state index is 11.4. The molecular formula is C15H18O3S2. The average Bonchev–Trinajstić information content (AvgIpc) is 2.85. The van der Waals surface area contributed by atoms with Gasteiger partial charge in [0.05, 0.1) is 0 Å². The lowest BCUT2D eigenvalue weighted by atomic mass is 10.1. The molecule has 0 unspecified atom stereocenters. The highest BCUT2D eigenvalue weighted by Crippen LogP contribution is 2.61. The van der Waals surface area contributed by atoms with E-state index in [1.54, 1.807) is 0 Å². The highest BCUT2D eigenvalue weighted by Gasteiger charge is 2.34. The van der Waals surface area contributed by atoms with Crippen molar-refractivity contribution >= 4 is 30.9 Å². The SMILES string of the molecule is O=S(=O)(O)CS1(c2ccc3ccccc3c2)CCCC1. The van der Waals surface area contributed by atoms with Crippen LogP contribution in [-0.4, -0.2) is 29.6 Å². The zero-order chi connectivity index (χ0) is 14.2. The van der Waals surface area contributed by atoms with Gasteiger partial charge in [-0.25, -0.2) is 0 Å². The molecule has 1 fully saturated rings. The molecule has 0 saturated carbocycles. The van der Waals surface area contributed by atoms with Crippen molar-refractivity contribution in [1.29, 1.82) is 0 Å². The summed E-state index contributed by atoms with van der Waals surface area (Å²) in [5.41, 5.74) is 0. The molecule has 1 aliphatic rings. The minimum Gasteiger partial charge on any atom is -0.285 e. The van der Waals surface area contributed by atoms with Gasteiger partial charge >= 0.3 is 0 Å². The molecule has 1 aliphatic heterocycles. The second-order valence-corrected chi connectivity index (χ2v) is 10.9. The molecule has 1 heterocycles. The number of benzene rings is 2. The van der Waals surface area contributed by atoms with Gasteiger partial charge in [0.25, 0.3) is 10.1 Å². The van der Waals surface area contributed by atoms with Gasteiger partial charge in [-0.05, 0) is 52.1 Å². The van der Waals surface area contributed by atoms with Crippen molar-refractivity contribution in [3.8, 4) is 0 Å². The fraction of sp³-hybridized carbons (Fsp3) is 0.333. The highest BCUT2D eigenvalue weighted by atomic mass is 32.3. The molecule has 2 aromatic rings. The van der Waals surface area contributed by atoms with Crippen LogP contribution < -0.4 is 0 Å². The second-order valence-electron chi connectivity index (χ2n) is 5.37. The van der Waals surface area contributed by atoms with E-state index in [1.807, 2.05) is 24.3 Å². The highest BCUT2D eigenvalue weighted by molar-refractivity contribution is 8.38. The van der Waals surface area contributed by atoms with Gasteiger partial charge in [0.15, 0.2) is 0 Å². The van der Waals surface area contributed by atoms with Gasteiger partial charge in [0.1, 0.15) is 5.08 Å². The summed E-state index contributed by atoms with van der Waals surface area (Å²) in [5, 5.41) is 2.22. The summed E-state index contributed by atoms with van der Waals surface area (Å²) in [5.74, 6) is 1.82. The fourth-order valence-electron chi connectivity index (χ4n) is 3.00. The summed E-state index contributed by atoms with van der Waals surface area (Å²) < 4.78 is 32.1. The largest absolute Gasteiger partial charge is 0.285 e. The van der Waals surface area contributed by atoms with E-state index in [2.05, 4.69) is 18.2 Å². The Morgan fingerprint density at radius 3 is 2.30 bits per heavy atom. The predicted molar refractivity (Wildman–Crippen MR) is 85.2 cm³/mol. The number of fused-ring (bicyclic) bond motifs is 1. The van der Waals surface area contributed by atoms with Gasteiger partial charge in [0, 0.05) is 0 Å². The van der Waals surface area contributed by atoms with Crippen molar-refractivity contribution < 1.29 is 13.0 Å². The van der Waals surface area contributed by atoms with Crippen molar-refractivity contribution in [1.82, 2.24) is 0 Å². The maximum Gasteiger partial charge on any atom is 0.273 e. The Morgan fingerprint density at radius 1 is 1.00 bits per heavy atom. The van der Waals surface area contributed by atoms with E-state index in [0.29, 0.717) is 0 Å². The van der Waals surface area contributed by atoms with Gasteiger partial charge < -0.3 is 0 Å². The third kappa shape index (κ3) is 2.71. The predicted octanol–water partition coefficient (Wildman–Crippen LogP) is 3.64. The molecular weight excluding hydrogens is 292 g/mol. The molecule has 0 bridgehead atoms. The molecule has 1 N–H and O–H groups in total. The van der Waals surface area contributed by atoms with E-state index in [1.165, 1.54) is 0 Å². The monoisotopic (exact) mass is 310 g/mol. The number of hydrogen-bond donors (Lipinski definition) is 1. The van der Waals surface area contributed by atoms with Crippen LogP contribution in [0.5, 0.6) is 0 Å².